The third-order valence-electron chi connectivity index (χ3n) is 3.83. The van der Waals surface area contributed by atoms with Crippen LogP contribution in [0, 0.1) is 6.92 Å². The second kappa shape index (κ2) is 4.22. The maximum atomic E-state index is 5.99. The van der Waals surface area contributed by atoms with Crippen molar-refractivity contribution in [1.29, 1.82) is 0 Å². The third-order valence-corrected chi connectivity index (χ3v) is 3.83. The van der Waals surface area contributed by atoms with E-state index in [9.17, 15) is 0 Å². The smallest absolute Gasteiger partial charge is 0.171 e. The van der Waals surface area contributed by atoms with Crippen LogP contribution in [-0.4, -0.2) is 35.3 Å². The highest BCUT2D eigenvalue weighted by Crippen LogP contribution is 2.33. The lowest BCUT2D eigenvalue weighted by atomic mass is 9.90. The van der Waals surface area contributed by atoms with Gasteiger partial charge in [0.15, 0.2) is 5.82 Å². The summed E-state index contributed by atoms with van der Waals surface area (Å²) in [4.78, 5) is 9.94. The van der Waals surface area contributed by atoms with Gasteiger partial charge in [-0.15, -0.1) is 0 Å². The summed E-state index contributed by atoms with van der Waals surface area (Å²) < 4.78 is 5.86. The summed E-state index contributed by atoms with van der Waals surface area (Å²) in [5.41, 5.74) is 5.99. The maximum absolute atomic E-state index is 5.99. The summed E-state index contributed by atoms with van der Waals surface area (Å²) in [7, 11) is 0. The average Bonchev–Trinajstić information content (AvgIpc) is 2.68. The van der Waals surface area contributed by atoms with Gasteiger partial charge in [-0.25, -0.2) is 4.98 Å². The fraction of sp³-hybridized carbons (Fsp3) is 0.750. The summed E-state index contributed by atoms with van der Waals surface area (Å²) in [6.07, 6.45) is 5.29. The SMILES string of the molecule is Cc1nc(N2CCOC3CCCCC32)c(N)[nH]1. The van der Waals surface area contributed by atoms with Crippen molar-refractivity contribution in [3.8, 4) is 0 Å². The second-order valence-corrected chi connectivity index (χ2v) is 5.01. The topological polar surface area (TPSA) is 67.2 Å². The lowest BCUT2D eigenvalue weighted by molar-refractivity contribution is -0.00890. The minimum Gasteiger partial charge on any atom is -0.382 e. The van der Waals surface area contributed by atoms with Crippen molar-refractivity contribution in [1.82, 2.24) is 9.97 Å². The first-order valence-electron chi connectivity index (χ1n) is 6.46. The van der Waals surface area contributed by atoms with Crippen molar-refractivity contribution in [2.75, 3.05) is 23.8 Å². The van der Waals surface area contributed by atoms with Crippen molar-refractivity contribution in [2.45, 2.75) is 44.8 Å². The number of fused-ring (bicyclic) bond motifs is 1. The highest BCUT2D eigenvalue weighted by atomic mass is 16.5. The van der Waals surface area contributed by atoms with E-state index >= 15 is 0 Å². The summed E-state index contributed by atoms with van der Waals surface area (Å²) in [5.74, 6) is 2.49. The van der Waals surface area contributed by atoms with Gasteiger partial charge in [0.1, 0.15) is 11.6 Å². The average molecular weight is 236 g/mol. The van der Waals surface area contributed by atoms with Gasteiger partial charge in [0.25, 0.3) is 0 Å². The highest BCUT2D eigenvalue weighted by Gasteiger charge is 2.35. The second-order valence-electron chi connectivity index (χ2n) is 5.01. The van der Waals surface area contributed by atoms with Crippen LogP contribution in [0.2, 0.25) is 0 Å². The molecule has 0 spiro atoms. The molecule has 2 atom stereocenters. The number of nitrogens with zero attached hydrogens (tertiary/aromatic N) is 2. The molecule has 0 amide bonds. The lowest BCUT2D eigenvalue weighted by Crippen LogP contribution is -2.53. The predicted octanol–water partition coefficient (Wildman–Crippen LogP) is 1.45. The normalized spacial score (nSPS) is 29.1. The Balaban J connectivity index is 1.88. The first kappa shape index (κ1) is 10.9. The molecule has 1 aliphatic heterocycles. The molecule has 5 nitrogen and oxygen atoms in total. The molecule has 2 fully saturated rings. The van der Waals surface area contributed by atoms with Crippen LogP contribution in [0.25, 0.3) is 0 Å². The minimum absolute atomic E-state index is 0.369. The molecule has 1 saturated heterocycles. The number of rotatable bonds is 1. The molecule has 2 heterocycles. The number of aryl methyl sites for hydroxylation is 1. The van der Waals surface area contributed by atoms with Crippen LogP contribution in [0.1, 0.15) is 31.5 Å². The van der Waals surface area contributed by atoms with Gasteiger partial charge in [0.2, 0.25) is 0 Å². The van der Waals surface area contributed by atoms with Crippen molar-refractivity contribution in [3.63, 3.8) is 0 Å². The summed E-state index contributed by atoms with van der Waals surface area (Å²) in [6, 6.07) is 0.461. The molecule has 1 saturated carbocycles. The van der Waals surface area contributed by atoms with Crippen LogP contribution in [0.5, 0.6) is 0 Å². The number of nitrogens with one attached hydrogen (secondary N) is 1. The lowest BCUT2D eigenvalue weighted by Gasteiger charge is -2.44. The Bertz CT molecular complexity index is 401. The van der Waals surface area contributed by atoms with E-state index < -0.39 is 0 Å². The molecule has 3 N–H and O–H groups in total. The molecule has 1 aromatic rings. The predicted molar refractivity (Wildman–Crippen MR) is 67.1 cm³/mol. The summed E-state index contributed by atoms with van der Waals surface area (Å²) in [6.45, 7) is 3.63. The molecule has 0 aromatic carbocycles. The van der Waals surface area contributed by atoms with Crippen molar-refractivity contribution >= 4 is 11.6 Å². The maximum Gasteiger partial charge on any atom is 0.171 e. The molecule has 2 aliphatic rings. The van der Waals surface area contributed by atoms with E-state index in [-0.39, 0.29) is 0 Å². The quantitative estimate of drug-likeness (QED) is 0.774. The Morgan fingerprint density at radius 1 is 1.41 bits per heavy atom. The van der Waals surface area contributed by atoms with Gasteiger partial charge in [0.05, 0.1) is 18.8 Å². The zero-order valence-corrected chi connectivity index (χ0v) is 10.3. The number of hydrogen-bond acceptors (Lipinski definition) is 4. The standard InChI is InChI=1S/C12H20N4O/c1-8-14-11(13)12(15-8)16-6-7-17-10-5-3-2-4-9(10)16/h9-10H,2-7,13H2,1H3,(H,14,15). The molecular weight excluding hydrogens is 216 g/mol. The van der Waals surface area contributed by atoms with Gasteiger partial charge < -0.3 is 20.4 Å². The third kappa shape index (κ3) is 1.88. The Morgan fingerprint density at radius 2 is 2.24 bits per heavy atom. The fourth-order valence-electron chi connectivity index (χ4n) is 3.08. The van der Waals surface area contributed by atoms with Gasteiger partial charge in [-0.3, -0.25) is 0 Å². The van der Waals surface area contributed by atoms with E-state index in [1.807, 2.05) is 6.92 Å². The number of nitrogens with two attached hydrogens (primary N) is 1. The number of morpholine rings is 1. The van der Waals surface area contributed by atoms with Crippen molar-refractivity contribution < 1.29 is 4.74 Å². The molecule has 5 heteroatoms. The Morgan fingerprint density at radius 3 is 3.00 bits per heavy atom. The van der Waals surface area contributed by atoms with E-state index in [0.29, 0.717) is 18.0 Å². The molecule has 2 unspecified atom stereocenters. The van der Waals surface area contributed by atoms with E-state index in [1.165, 1.54) is 25.7 Å². The molecule has 17 heavy (non-hydrogen) atoms. The van der Waals surface area contributed by atoms with Gasteiger partial charge >= 0.3 is 0 Å². The minimum atomic E-state index is 0.369. The molecule has 1 aromatic heterocycles. The number of H-pyrrole nitrogens is 1. The fourth-order valence-corrected chi connectivity index (χ4v) is 3.08. The first-order valence-corrected chi connectivity index (χ1v) is 6.46. The van der Waals surface area contributed by atoms with E-state index in [1.54, 1.807) is 0 Å². The molecule has 0 bridgehead atoms. The molecular formula is C12H20N4O. The Hall–Kier alpha value is -1.23. The number of aromatic amines is 1. The number of aromatic nitrogens is 2. The largest absolute Gasteiger partial charge is 0.382 e. The highest BCUT2D eigenvalue weighted by molar-refractivity contribution is 5.60. The van der Waals surface area contributed by atoms with Gasteiger partial charge in [-0.2, -0.15) is 0 Å². The number of hydrogen-bond donors (Lipinski definition) is 2. The zero-order valence-electron chi connectivity index (χ0n) is 10.3. The van der Waals surface area contributed by atoms with Crippen LogP contribution >= 0.6 is 0 Å². The first-order chi connectivity index (χ1) is 8.25. The van der Waals surface area contributed by atoms with Gasteiger partial charge in [0, 0.05) is 6.54 Å². The van der Waals surface area contributed by atoms with E-state index in [2.05, 4.69) is 14.9 Å². The Labute approximate surface area is 101 Å². The van der Waals surface area contributed by atoms with Crippen LogP contribution in [0.3, 0.4) is 0 Å². The van der Waals surface area contributed by atoms with Crippen LogP contribution < -0.4 is 10.6 Å². The van der Waals surface area contributed by atoms with Crippen molar-refractivity contribution in [2.24, 2.45) is 0 Å². The molecule has 0 radical (unpaired) electrons. The van der Waals surface area contributed by atoms with Crippen LogP contribution in [-0.2, 0) is 4.74 Å². The number of imidazole rings is 1. The van der Waals surface area contributed by atoms with Gasteiger partial charge in [-0.1, -0.05) is 12.8 Å². The van der Waals surface area contributed by atoms with E-state index in [4.69, 9.17) is 10.5 Å². The number of ether oxygens (including phenoxy) is 1. The monoisotopic (exact) mass is 236 g/mol. The summed E-state index contributed by atoms with van der Waals surface area (Å²) >= 11 is 0. The van der Waals surface area contributed by atoms with Crippen LogP contribution in [0.4, 0.5) is 11.6 Å². The van der Waals surface area contributed by atoms with Crippen molar-refractivity contribution in [3.05, 3.63) is 5.82 Å². The molecule has 94 valence electrons. The Kier molecular flexibility index (Phi) is 2.70. The molecule has 1 aliphatic carbocycles. The van der Waals surface area contributed by atoms with E-state index in [0.717, 1.165) is 24.8 Å². The number of nitrogen functional groups attached to an aromatic ring is 1. The van der Waals surface area contributed by atoms with Gasteiger partial charge in [-0.05, 0) is 19.8 Å². The summed E-state index contributed by atoms with van der Waals surface area (Å²) in [5, 5.41) is 0. The zero-order chi connectivity index (χ0) is 11.8. The number of anilines is 2. The molecule has 3 rings (SSSR count). The van der Waals surface area contributed by atoms with Crippen LogP contribution in [0.15, 0.2) is 0 Å².